The van der Waals surface area contributed by atoms with Gasteiger partial charge in [0, 0.05) is 6.54 Å². The molecule has 0 saturated heterocycles. The van der Waals surface area contributed by atoms with Crippen LogP contribution in [0.3, 0.4) is 0 Å². The minimum absolute atomic E-state index is 0.233. The summed E-state index contributed by atoms with van der Waals surface area (Å²) < 4.78 is 0. The highest BCUT2D eigenvalue weighted by Gasteiger charge is 2.09. The normalized spacial score (nSPS) is 10.3. The van der Waals surface area contributed by atoms with E-state index in [4.69, 9.17) is 23.2 Å². The first-order valence-electron chi connectivity index (χ1n) is 6.94. The van der Waals surface area contributed by atoms with Crippen LogP contribution in [0.1, 0.15) is 30.3 Å². The summed E-state index contributed by atoms with van der Waals surface area (Å²) in [6.45, 7) is 2.69. The van der Waals surface area contributed by atoms with Gasteiger partial charge < -0.3 is 10.6 Å². The van der Waals surface area contributed by atoms with E-state index in [9.17, 15) is 4.79 Å². The molecule has 7 heteroatoms. The molecule has 0 aliphatic rings. The van der Waals surface area contributed by atoms with Crippen LogP contribution in [-0.2, 0) is 0 Å². The van der Waals surface area contributed by atoms with Gasteiger partial charge in [-0.25, -0.2) is 0 Å². The summed E-state index contributed by atoms with van der Waals surface area (Å²) in [4.78, 5) is 11.8. The molecular formula is C15H16Cl2N4O. The van der Waals surface area contributed by atoms with E-state index in [0.717, 1.165) is 12.8 Å². The Kier molecular flexibility index (Phi) is 5.98. The zero-order valence-electron chi connectivity index (χ0n) is 12.1. The summed E-state index contributed by atoms with van der Waals surface area (Å²) in [5, 5.41) is 14.6. The fourth-order valence-electron chi connectivity index (χ4n) is 1.73. The fraction of sp³-hybridized carbons (Fsp3) is 0.267. The number of benzene rings is 1. The first-order valence-corrected chi connectivity index (χ1v) is 7.70. The number of halogens is 2. The molecule has 1 aromatic heterocycles. The van der Waals surface area contributed by atoms with Crippen LogP contribution in [0.4, 0.5) is 11.5 Å². The van der Waals surface area contributed by atoms with Crippen molar-refractivity contribution in [3.63, 3.8) is 0 Å². The summed E-state index contributed by atoms with van der Waals surface area (Å²) in [7, 11) is 0. The maximum atomic E-state index is 11.8. The number of hydrogen-bond donors (Lipinski definition) is 2. The van der Waals surface area contributed by atoms with Crippen molar-refractivity contribution >= 4 is 40.6 Å². The van der Waals surface area contributed by atoms with Gasteiger partial charge in [-0.15, -0.1) is 10.2 Å². The van der Waals surface area contributed by atoms with Gasteiger partial charge in [-0.05, 0) is 30.7 Å². The quantitative estimate of drug-likeness (QED) is 0.779. The fourth-order valence-corrected chi connectivity index (χ4v) is 2.23. The number of carbonyl (C=O) groups excluding carboxylic acids is 1. The van der Waals surface area contributed by atoms with Crippen LogP contribution >= 0.6 is 23.2 Å². The zero-order chi connectivity index (χ0) is 15.9. The maximum absolute atomic E-state index is 11.8. The molecule has 1 heterocycles. The molecule has 2 N–H and O–H groups in total. The number of hydrogen-bond acceptors (Lipinski definition) is 4. The lowest BCUT2D eigenvalue weighted by atomic mass is 10.3. The van der Waals surface area contributed by atoms with Crippen LogP contribution in [0.2, 0.25) is 10.0 Å². The third-order valence-electron chi connectivity index (χ3n) is 2.93. The topological polar surface area (TPSA) is 66.9 Å². The molecule has 2 aromatic rings. The van der Waals surface area contributed by atoms with Crippen molar-refractivity contribution in [3.05, 3.63) is 46.1 Å². The molecule has 5 nitrogen and oxygen atoms in total. The first kappa shape index (κ1) is 16.5. The summed E-state index contributed by atoms with van der Waals surface area (Å²) in [5.74, 6) is 0.225. The Hall–Kier alpha value is -1.85. The Morgan fingerprint density at radius 2 is 1.86 bits per heavy atom. The van der Waals surface area contributed by atoms with Gasteiger partial charge in [-0.2, -0.15) is 0 Å². The Bertz CT molecular complexity index is 626. The molecule has 0 bridgehead atoms. The molecule has 1 amide bonds. The first-order chi connectivity index (χ1) is 10.6. The molecule has 22 heavy (non-hydrogen) atoms. The minimum atomic E-state index is -0.233. The smallest absolute Gasteiger partial charge is 0.271 e. The van der Waals surface area contributed by atoms with Crippen molar-refractivity contribution in [3.8, 4) is 0 Å². The molecule has 0 aliphatic carbocycles. The molecule has 0 spiro atoms. The summed E-state index contributed by atoms with van der Waals surface area (Å²) in [5.41, 5.74) is 0.826. The van der Waals surface area contributed by atoms with E-state index in [-0.39, 0.29) is 11.6 Å². The highest BCUT2D eigenvalue weighted by atomic mass is 35.5. The van der Waals surface area contributed by atoms with Crippen molar-refractivity contribution in [2.24, 2.45) is 0 Å². The second-order valence-corrected chi connectivity index (χ2v) is 5.45. The lowest BCUT2D eigenvalue weighted by Gasteiger charge is -2.09. The van der Waals surface area contributed by atoms with E-state index in [2.05, 4.69) is 27.8 Å². The molecule has 0 radical (unpaired) electrons. The van der Waals surface area contributed by atoms with Gasteiger partial charge >= 0.3 is 0 Å². The Labute approximate surface area is 139 Å². The Balaban J connectivity index is 2.04. The van der Waals surface area contributed by atoms with E-state index in [1.807, 2.05) is 0 Å². The Morgan fingerprint density at radius 3 is 2.45 bits per heavy atom. The van der Waals surface area contributed by atoms with Crippen LogP contribution in [0.5, 0.6) is 0 Å². The minimum Gasteiger partial charge on any atom is -0.351 e. The number of para-hydroxylation sites is 1. The largest absolute Gasteiger partial charge is 0.351 e. The van der Waals surface area contributed by atoms with E-state index >= 15 is 0 Å². The molecule has 0 aliphatic heterocycles. The number of nitrogens with one attached hydrogen (secondary N) is 2. The predicted octanol–water partition coefficient (Wildman–Crippen LogP) is 4.06. The predicted molar refractivity (Wildman–Crippen MR) is 89.0 cm³/mol. The van der Waals surface area contributed by atoms with Crippen molar-refractivity contribution in [2.45, 2.75) is 19.8 Å². The van der Waals surface area contributed by atoms with Crippen LogP contribution in [0.25, 0.3) is 0 Å². The lowest BCUT2D eigenvalue weighted by molar-refractivity contribution is 0.0947. The average molecular weight is 339 g/mol. The van der Waals surface area contributed by atoms with Crippen LogP contribution in [0, 0.1) is 0 Å². The van der Waals surface area contributed by atoms with Gasteiger partial charge in [0.05, 0.1) is 15.7 Å². The van der Waals surface area contributed by atoms with Gasteiger partial charge in [0.2, 0.25) is 0 Å². The van der Waals surface area contributed by atoms with Gasteiger partial charge in [0.1, 0.15) is 0 Å². The van der Waals surface area contributed by atoms with Gasteiger partial charge in [0.25, 0.3) is 5.91 Å². The SMILES string of the molecule is CCCCNC(=O)c1ccc(Nc2c(Cl)cccc2Cl)nn1. The monoisotopic (exact) mass is 338 g/mol. The van der Waals surface area contributed by atoms with E-state index < -0.39 is 0 Å². The maximum Gasteiger partial charge on any atom is 0.271 e. The number of amides is 1. The average Bonchev–Trinajstić information content (AvgIpc) is 2.52. The number of carbonyl (C=O) groups is 1. The van der Waals surface area contributed by atoms with Crippen molar-refractivity contribution in [1.82, 2.24) is 15.5 Å². The van der Waals surface area contributed by atoms with Crippen molar-refractivity contribution in [2.75, 3.05) is 11.9 Å². The van der Waals surface area contributed by atoms with Crippen molar-refractivity contribution in [1.29, 1.82) is 0 Å². The molecule has 0 fully saturated rings. The van der Waals surface area contributed by atoms with Gasteiger partial charge in [-0.1, -0.05) is 42.6 Å². The second-order valence-electron chi connectivity index (χ2n) is 4.63. The van der Waals surface area contributed by atoms with Crippen molar-refractivity contribution < 1.29 is 4.79 Å². The second kappa shape index (κ2) is 7.96. The molecule has 116 valence electrons. The molecule has 0 atom stereocenters. The summed E-state index contributed by atoms with van der Waals surface area (Å²) in [6.07, 6.45) is 1.96. The highest BCUT2D eigenvalue weighted by Crippen LogP contribution is 2.31. The van der Waals surface area contributed by atoms with Gasteiger partial charge in [0.15, 0.2) is 11.5 Å². The summed E-state index contributed by atoms with van der Waals surface area (Å²) >= 11 is 12.1. The van der Waals surface area contributed by atoms with Gasteiger partial charge in [-0.3, -0.25) is 4.79 Å². The lowest BCUT2D eigenvalue weighted by Crippen LogP contribution is -2.25. The highest BCUT2D eigenvalue weighted by molar-refractivity contribution is 6.39. The number of unbranched alkanes of at least 4 members (excludes halogenated alkanes) is 1. The molecule has 0 saturated carbocycles. The summed E-state index contributed by atoms with van der Waals surface area (Å²) in [6, 6.07) is 8.45. The van der Waals surface area contributed by atoms with Crippen LogP contribution in [-0.4, -0.2) is 22.6 Å². The van der Waals surface area contributed by atoms with Crippen LogP contribution in [0.15, 0.2) is 30.3 Å². The number of aromatic nitrogens is 2. The van der Waals surface area contributed by atoms with E-state index in [1.165, 1.54) is 0 Å². The third kappa shape index (κ3) is 4.32. The zero-order valence-corrected chi connectivity index (χ0v) is 13.6. The van der Waals surface area contributed by atoms with Crippen LogP contribution < -0.4 is 10.6 Å². The number of anilines is 2. The molecule has 0 unspecified atom stereocenters. The van der Waals surface area contributed by atoms with E-state index in [1.54, 1.807) is 30.3 Å². The van der Waals surface area contributed by atoms with E-state index in [0.29, 0.717) is 28.1 Å². The molecule has 1 aromatic carbocycles. The number of rotatable bonds is 6. The third-order valence-corrected chi connectivity index (χ3v) is 3.56. The molecular weight excluding hydrogens is 323 g/mol. The molecule has 2 rings (SSSR count). The Morgan fingerprint density at radius 1 is 1.14 bits per heavy atom. The standard InChI is InChI=1S/C15H16Cl2N4O/c1-2-3-9-18-15(22)12-7-8-13(21-20-12)19-14-10(16)5-4-6-11(14)17/h4-8H,2-3,9H2,1H3,(H,18,22)(H,19,21). The number of nitrogens with zero attached hydrogens (tertiary/aromatic N) is 2.